The Bertz CT molecular complexity index is 361. The maximum atomic E-state index is 11.7. The summed E-state index contributed by atoms with van der Waals surface area (Å²) in [5, 5.41) is 5.81. The van der Waals surface area contributed by atoms with Gasteiger partial charge in [-0.15, -0.1) is 22.9 Å². The quantitative estimate of drug-likeness (QED) is 0.843. The monoisotopic (exact) mass is 258 g/mol. The largest absolute Gasteiger partial charge is 0.353 e. The van der Waals surface area contributed by atoms with Gasteiger partial charge < -0.3 is 5.32 Å². The van der Waals surface area contributed by atoms with E-state index in [-0.39, 0.29) is 5.91 Å². The van der Waals surface area contributed by atoms with Crippen molar-refractivity contribution in [2.45, 2.75) is 44.0 Å². The summed E-state index contributed by atoms with van der Waals surface area (Å²) in [4.78, 5) is 16.0. The van der Waals surface area contributed by atoms with Crippen molar-refractivity contribution in [3.05, 3.63) is 16.1 Å². The van der Waals surface area contributed by atoms with Crippen LogP contribution in [-0.4, -0.2) is 16.9 Å². The van der Waals surface area contributed by atoms with E-state index in [1.165, 1.54) is 24.2 Å². The van der Waals surface area contributed by atoms with E-state index in [4.69, 9.17) is 11.6 Å². The minimum Gasteiger partial charge on any atom is -0.353 e. The van der Waals surface area contributed by atoms with E-state index >= 15 is 0 Å². The summed E-state index contributed by atoms with van der Waals surface area (Å²) in [6, 6.07) is 0.389. The molecule has 0 aromatic carbocycles. The van der Waals surface area contributed by atoms with Crippen LogP contribution in [0.15, 0.2) is 5.38 Å². The summed E-state index contributed by atoms with van der Waals surface area (Å²) >= 11 is 7.16. The van der Waals surface area contributed by atoms with Crippen LogP contribution in [0, 0.1) is 0 Å². The zero-order valence-corrected chi connectivity index (χ0v) is 10.6. The number of carbonyl (C=O) groups is 1. The van der Waals surface area contributed by atoms with Gasteiger partial charge >= 0.3 is 0 Å². The molecule has 1 saturated carbocycles. The van der Waals surface area contributed by atoms with E-state index < -0.39 is 0 Å². The maximum Gasteiger partial charge on any atom is 0.227 e. The van der Waals surface area contributed by atoms with Crippen molar-refractivity contribution in [1.82, 2.24) is 10.3 Å². The fourth-order valence-corrected chi connectivity index (χ4v) is 3.00. The van der Waals surface area contributed by atoms with Gasteiger partial charge in [-0.05, 0) is 12.8 Å². The van der Waals surface area contributed by atoms with Crippen molar-refractivity contribution in [3.63, 3.8) is 0 Å². The summed E-state index contributed by atoms with van der Waals surface area (Å²) in [7, 11) is 0. The summed E-state index contributed by atoms with van der Waals surface area (Å²) in [5.41, 5.74) is 0.857. The Morgan fingerprint density at radius 2 is 2.31 bits per heavy atom. The predicted octanol–water partition coefficient (Wildman–Crippen LogP) is 2.48. The Labute approximate surface area is 104 Å². The molecule has 16 heavy (non-hydrogen) atoms. The fourth-order valence-electron chi connectivity index (χ4n) is 1.98. The van der Waals surface area contributed by atoms with Crippen LogP contribution in [0.5, 0.6) is 0 Å². The SMILES string of the molecule is O=C(Cc1nc(CCl)cs1)NC1CCCC1. The lowest BCUT2D eigenvalue weighted by molar-refractivity contribution is -0.121. The highest BCUT2D eigenvalue weighted by Crippen LogP contribution is 2.18. The molecule has 0 saturated heterocycles. The molecule has 0 radical (unpaired) electrons. The van der Waals surface area contributed by atoms with E-state index in [0.717, 1.165) is 23.5 Å². The van der Waals surface area contributed by atoms with Crippen LogP contribution >= 0.6 is 22.9 Å². The highest BCUT2D eigenvalue weighted by Gasteiger charge is 2.17. The molecule has 1 fully saturated rings. The molecule has 0 unspecified atom stereocenters. The van der Waals surface area contributed by atoms with E-state index in [9.17, 15) is 4.79 Å². The molecule has 88 valence electrons. The van der Waals surface area contributed by atoms with Crippen molar-refractivity contribution >= 4 is 28.8 Å². The van der Waals surface area contributed by atoms with Crippen LogP contribution in [0.1, 0.15) is 36.4 Å². The Kier molecular flexibility index (Phi) is 4.18. The van der Waals surface area contributed by atoms with Gasteiger partial charge in [0.25, 0.3) is 0 Å². The lowest BCUT2D eigenvalue weighted by atomic mass is 10.2. The molecule has 1 aliphatic carbocycles. The third-order valence-electron chi connectivity index (χ3n) is 2.77. The molecule has 5 heteroatoms. The number of nitrogens with zero attached hydrogens (tertiary/aromatic N) is 1. The third kappa shape index (κ3) is 3.19. The third-order valence-corrected chi connectivity index (χ3v) is 3.94. The highest BCUT2D eigenvalue weighted by molar-refractivity contribution is 7.09. The first-order valence-electron chi connectivity index (χ1n) is 5.56. The molecule has 0 aliphatic heterocycles. The Morgan fingerprint density at radius 1 is 1.56 bits per heavy atom. The molecule has 2 rings (SSSR count). The van der Waals surface area contributed by atoms with E-state index in [2.05, 4.69) is 10.3 Å². The number of hydrogen-bond acceptors (Lipinski definition) is 3. The summed E-state index contributed by atoms with van der Waals surface area (Å²) < 4.78 is 0. The van der Waals surface area contributed by atoms with E-state index in [0.29, 0.717) is 18.3 Å². The standard InChI is InChI=1S/C11H15ClN2OS/c12-6-9-7-16-11(14-9)5-10(15)13-8-3-1-2-4-8/h7-8H,1-6H2,(H,13,15). The molecule has 1 aromatic heterocycles. The summed E-state index contributed by atoms with van der Waals surface area (Å²) in [5.74, 6) is 0.503. The second-order valence-corrected chi connectivity index (χ2v) is 5.30. The Hall–Kier alpha value is -0.610. The van der Waals surface area contributed by atoms with E-state index in [1.807, 2.05) is 5.38 Å². The minimum absolute atomic E-state index is 0.0855. The molecule has 3 nitrogen and oxygen atoms in total. The van der Waals surface area contributed by atoms with Crippen LogP contribution in [-0.2, 0) is 17.1 Å². The van der Waals surface area contributed by atoms with Crippen molar-refractivity contribution in [2.24, 2.45) is 0 Å². The second-order valence-electron chi connectivity index (χ2n) is 4.09. The predicted molar refractivity (Wildman–Crippen MR) is 65.8 cm³/mol. The first-order chi connectivity index (χ1) is 7.78. The lowest BCUT2D eigenvalue weighted by Gasteiger charge is -2.10. The van der Waals surface area contributed by atoms with Gasteiger partial charge in [-0.3, -0.25) is 4.79 Å². The van der Waals surface area contributed by atoms with Crippen LogP contribution in [0.4, 0.5) is 0 Å². The first-order valence-corrected chi connectivity index (χ1v) is 6.98. The number of thiazole rings is 1. The number of alkyl halides is 1. The van der Waals surface area contributed by atoms with Crippen LogP contribution in [0.2, 0.25) is 0 Å². The van der Waals surface area contributed by atoms with Crippen LogP contribution in [0.25, 0.3) is 0 Å². The molecule has 1 aromatic rings. The maximum absolute atomic E-state index is 11.7. The Balaban J connectivity index is 1.81. The van der Waals surface area contributed by atoms with Gasteiger partial charge in [-0.2, -0.15) is 0 Å². The fraction of sp³-hybridized carbons (Fsp3) is 0.636. The lowest BCUT2D eigenvalue weighted by Crippen LogP contribution is -2.33. The number of amides is 1. The topological polar surface area (TPSA) is 42.0 Å². The smallest absolute Gasteiger partial charge is 0.227 e. The average molecular weight is 259 g/mol. The van der Waals surface area contributed by atoms with Crippen LogP contribution < -0.4 is 5.32 Å². The molecule has 1 aliphatic rings. The van der Waals surface area contributed by atoms with Gasteiger partial charge in [-0.1, -0.05) is 12.8 Å². The Morgan fingerprint density at radius 3 is 2.94 bits per heavy atom. The summed E-state index contributed by atoms with van der Waals surface area (Å²) in [6.45, 7) is 0. The normalized spacial score (nSPS) is 16.6. The second kappa shape index (κ2) is 5.64. The van der Waals surface area contributed by atoms with Gasteiger partial charge in [0.1, 0.15) is 5.01 Å². The molecule has 1 N–H and O–H groups in total. The molecule has 1 amide bonds. The molecule has 0 atom stereocenters. The molecule has 0 spiro atoms. The van der Waals surface area contributed by atoms with Gasteiger partial charge in [0.2, 0.25) is 5.91 Å². The number of rotatable bonds is 4. The number of nitrogens with one attached hydrogen (secondary N) is 1. The van der Waals surface area contributed by atoms with E-state index in [1.54, 1.807) is 0 Å². The number of hydrogen-bond donors (Lipinski definition) is 1. The first kappa shape index (κ1) is 11.9. The highest BCUT2D eigenvalue weighted by atomic mass is 35.5. The zero-order valence-electron chi connectivity index (χ0n) is 9.04. The summed E-state index contributed by atoms with van der Waals surface area (Å²) in [6.07, 6.45) is 5.10. The molecule has 0 bridgehead atoms. The van der Waals surface area contributed by atoms with Gasteiger partial charge in [0.05, 0.1) is 18.0 Å². The number of halogens is 1. The number of aromatic nitrogens is 1. The molecule has 1 heterocycles. The van der Waals surface area contributed by atoms with Crippen molar-refractivity contribution < 1.29 is 4.79 Å². The van der Waals surface area contributed by atoms with Crippen molar-refractivity contribution in [2.75, 3.05) is 0 Å². The van der Waals surface area contributed by atoms with Gasteiger partial charge in [-0.25, -0.2) is 4.98 Å². The molecular weight excluding hydrogens is 244 g/mol. The zero-order chi connectivity index (χ0) is 11.4. The molecular formula is C11H15ClN2OS. The van der Waals surface area contributed by atoms with Gasteiger partial charge in [0, 0.05) is 11.4 Å². The number of carbonyl (C=O) groups excluding carboxylic acids is 1. The van der Waals surface area contributed by atoms with Crippen molar-refractivity contribution in [1.29, 1.82) is 0 Å². The minimum atomic E-state index is 0.0855. The van der Waals surface area contributed by atoms with Crippen LogP contribution in [0.3, 0.4) is 0 Å². The van der Waals surface area contributed by atoms with Gasteiger partial charge in [0.15, 0.2) is 0 Å². The average Bonchev–Trinajstić information content (AvgIpc) is 2.89. The van der Waals surface area contributed by atoms with Crippen molar-refractivity contribution in [3.8, 4) is 0 Å².